The molecule has 0 fully saturated rings. The Bertz CT molecular complexity index is 641. The van der Waals surface area contributed by atoms with Crippen molar-refractivity contribution in [2.24, 2.45) is 0 Å². The quantitative estimate of drug-likeness (QED) is 0.899. The minimum Gasteiger partial charge on any atom is -0.373 e. The normalized spacial score (nSPS) is 10.2. The molecule has 0 atom stereocenters. The smallest absolute Gasteiger partial charge is 0.256 e. The highest BCUT2D eigenvalue weighted by Crippen LogP contribution is 2.24. The van der Waals surface area contributed by atoms with E-state index in [4.69, 9.17) is 0 Å². The molecule has 0 aliphatic carbocycles. The summed E-state index contributed by atoms with van der Waals surface area (Å²) >= 11 is 2.97. The van der Waals surface area contributed by atoms with Crippen molar-refractivity contribution < 1.29 is 13.6 Å². The Hall–Kier alpha value is -2.02. The molecule has 20 heavy (non-hydrogen) atoms. The molecule has 0 unspecified atom stereocenters. The largest absolute Gasteiger partial charge is 0.373 e. The second-order valence-corrected chi connectivity index (χ2v) is 4.79. The number of benzene rings is 1. The summed E-state index contributed by atoms with van der Waals surface area (Å²) in [4.78, 5) is 15.9. The van der Waals surface area contributed by atoms with E-state index in [1.165, 1.54) is 18.3 Å². The average Bonchev–Trinajstić information content (AvgIpc) is 2.42. The highest BCUT2D eigenvalue weighted by molar-refractivity contribution is 9.10. The van der Waals surface area contributed by atoms with E-state index >= 15 is 0 Å². The number of carbonyl (C=O) groups is 1. The first kappa shape index (κ1) is 14.4. The lowest BCUT2D eigenvalue weighted by atomic mass is 10.2. The molecule has 0 bridgehead atoms. The number of halogens is 3. The number of hydrogen-bond donors (Lipinski definition) is 2. The van der Waals surface area contributed by atoms with Crippen LogP contribution in [0.15, 0.2) is 34.9 Å². The van der Waals surface area contributed by atoms with Crippen LogP contribution in [0.25, 0.3) is 0 Å². The van der Waals surface area contributed by atoms with E-state index in [1.54, 1.807) is 7.05 Å². The van der Waals surface area contributed by atoms with Gasteiger partial charge in [-0.2, -0.15) is 0 Å². The third kappa shape index (κ3) is 3.11. The molecule has 1 aromatic heterocycles. The molecule has 1 aromatic carbocycles. The van der Waals surface area contributed by atoms with Gasteiger partial charge in [-0.3, -0.25) is 4.79 Å². The van der Waals surface area contributed by atoms with Crippen LogP contribution in [-0.4, -0.2) is 17.9 Å². The second-order valence-electron chi connectivity index (χ2n) is 3.88. The van der Waals surface area contributed by atoms with Crippen molar-refractivity contribution in [2.75, 3.05) is 17.7 Å². The van der Waals surface area contributed by atoms with Gasteiger partial charge in [0.2, 0.25) is 0 Å². The summed E-state index contributed by atoms with van der Waals surface area (Å²) in [7, 11) is 1.65. The zero-order valence-electron chi connectivity index (χ0n) is 10.4. The second kappa shape index (κ2) is 5.96. The molecular formula is C13H10BrF2N3O. The van der Waals surface area contributed by atoms with Crippen molar-refractivity contribution in [2.45, 2.75) is 0 Å². The monoisotopic (exact) mass is 341 g/mol. The number of anilines is 2. The Morgan fingerprint density at radius 1 is 1.25 bits per heavy atom. The Labute approximate surface area is 122 Å². The fraction of sp³-hybridized carbons (Fsp3) is 0.0769. The van der Waals surface area contributed by atoms with E-state index in [1.807, 2.05) is 0 Å². The predicted octanol–water partition coefficient (Wildman–Crippen LogP) is 3.42. The average molecular weight is 342 g/mol. The van der Waals surface area contributed by atoms with E-state index in [-0.39, 0.29) is 10.0 Å². The topological polar surface area (TPSA) is 54.0 Å². The number of nitrogens with one attached hydrogen (secondary N) is 2. The Morgan fingerprint density at radius 3 is 2.50 bits per heavy atom. The highest BCUT2D eigenvalue weighted by atomic mass is 79.9. The standard InChI is InChI=1S/C13H10BrF2N3O/c1-17-11-4-7(2-3-18-11)13(20)19-12-9(15)5-8(14)6-10(12)16/h2-6H,1H3,(H,17,18)(H,19,20). The van der Waals surface area contributed by atoms with E-state index in [0.717, 1.165) is 12.1 Å². The molecule has 1 amide bonds. The maximum atomic E-state index is 13.6. The van der Waals surface area contributed by atoms with Gasteiger partial charge in [-0.15, -0.1) is 0 Å². The van der Waals surface area contributed by atoms with Crippen molar-refractivity contribution in [3.63, 3.8) is 0 Å². The minimum atomic E-state index is -0.854. The van der Waals surface area contributed by atoms with Gasteiger partial charge in [-0.25, -0.2) is 13.8 Å². The first-order valence-electron chi connectivity index (χ1n) is 5.61. The maximum Gasteiger partial charge on any atom is 0.256 e. The molecule has 0 aliphatic heterocycles. The number of pyridine rings is 1. The lowest BCUT2D eigenvalue weighted by Gasteiger charge is -2.09. The molecule has 0 radical (unpaired) electrons. The van der Waals surface area contributed by atoms with Crippen molar-refractivity contribution in [1.82, 2.24) is 4.98 Å². The molecule has 0 spiro atoms. The van der Waals surface area contributed by atoms with Gasteiger partial charge >= 0.3 is 0 Å². The van der Waals surface area contributed by atoms with E-state index in [2.05, 4.69) is 31.5 Å². The number of nitrogens with zero attached hydrogens (tertiary/aromatic N) is 1. The molecule has 0 saturated heterocycles. The summed E-state index contributed by atoms with van der Waals surface area (Å²) in [6.07, 6.45) is 1.43. The number of hydrogen-bond acceptors (Lipinski definition) is 3. The zero-order chi connectivity index (χ0) is 14.7. The fourth-order valence-corrected chi connectivity index (χ4v) is 1.96. The van der Waals surface area contributed by atoms with Crippen LogP contribution in [0, 0.1) is 11.6 Å². The van der Waals surface area contributed by atoms with Gasteiger partial charge in [-0.1, -0.05) is 15.9 Å². The van der Waals surface area contributed by atoms with Gasteiger partial charge in [0.25, 0.3) is 5.91 Å². The van der Waals surface area contributed by atoms with Crippen LogP contribution in [0.1, 0.15) is 10.4 Å². The summed E-state index contributed by atoms with van der Waals surface area (Å²) < 4.78 is 27.5. The lowest BCUT2D eigenvalue weighted by Crippen LogP contribution is -2.14. The zero-order valence-corrected chi connectivity index (χ0v) is 12.0. The van der Waals surface area contributed by atoms with Crippen LogP contribution in [0.5, 0.6) is 0 Å². The number of aromatic nitrogens is 1. The fourth-order valence-electron chi connectivity index (χ4n) is 1.56. The summed E-state index contributed by atoms with van der Waals surface area (Å²) in [5.41, 5.74) is -0.243. The molecular weight excluding hydrogens is 332 g/mol. The SMILES string of the molecule is CNc1cc(C(=O)Nc2c(F)cc(Br)cc2F)ccn1. The van der Waals surface area contributed by atoms with Crippen LogP contribution < -0.4 is 10.6 Å². The third-order valence-electron chi connectivity index (χ3n) is 2.52. The molecule has 0 saturated carbocycles. The van der Waals surface area contributed by atoms with Gasteiger partial charge in [0, 0.05) is 23.3 Å². The van der Waals surface area contributed by atoms with Crippen LogP contribution in [-0.2, 0) is 0 Å². The Morgan fingerprint density at radius 2 is 1.90 bits per heavy atom. The maximum absolute atomic E-state index is 13.6. The molecule has 2 N–H and O–H groups in total. The van der Waals surface area contributed by atoms with Crippen molar-refractivity contribution in [1.29, 1.82) is 0 Å². The number of amides is 1. The molecule has 7 heteroatoms. The highest BCUT2D eigenvalue weighted by Gasteiger charge is 2.15. The number of carbonyl (C=O) groups excluding carboxylic acids is 1. The molecule has 2 aromatic rings. The Balaban J connectivity index is 2.28. The van der Waals surface area contributed by atoms with Crippen LogP contribution in [0.2, 0.25) is 0 Å². The number of rotatable bonds is 3. The van der Waals surface area contributed by atoms with Gasteiger partial charge in [0.15, 0.2) is 11.6 Å². The van der Waals surface area contributed by atoms with Crippen LogP contribution in [0.3, 0.4) is 0 Å². The predicted molar refractivity (Wildman–Crippen MR) is 75.8 cm³/mol. The van der Waals surface area contributed by atoms with Gasteiger partial charge in [0.1, 0.15) is 11.5 Å². The minimum absolute atomic E-state index is 0.242. The first-order chi connectivity index (χ1) is 9.51. The summed E-state index contributed by atoms with van der Waals surface area (Å²) in [6, 6.07) is 5.07. The molecule has 2 rings (SSSR count). The van der Waals surface area contributed by atoms with E-state index < -0.39 is 23.2 Å². The van der Waals surface area contributed by atoms with E-state index in [9.17, 15) is 13.6 Å². The molecule has 104 valence electrons. The third-order valence-corrected chi connectivity index (χ3v) is 2.98. The van der Waals surface area contributed by atoms with Crippen LogP contribution in [0.4, 0.5) is 20.3 Å². The van der Waals surface area contributed by atoms with Gasteiger partial charge in [0.05, 0.1) is 0 Å². The van der Waals surface area contributed by atoms with Crippen molar-refractivity contribution >= 4 is 33.3 Å². The van der Waals surface area contributed by atoms with Crippen molar-refractivity contribution in [3.8, 4) is 0 Å². The molecule has 1 heterocycles. The molecule has 0 aliphatic rings. The van der Waals surface area contributed by atoms with Crippen LogP contribution >= 0.6 is 15.9 Å². The van der Waals surface area contributed by atoms with E-state index in [0.29, 0.717) is 5.82 Å². The van der Waals surface area contributed by atoms with Crippen molar-refractivity contribution in [3.05, 3.63) is 52.1 Å². The lowest BCUT2D eigenvalue weighted by molar-refractivity contribution is 0.102. The summed E-state index contributed by atoms with van der Waals surface area (Å²) in [5, 5.41) is 4.98. The van der Waals surface area contributed by atoms with Gasteiger partial charge < -0.3 is 10.6 Å². The Kier molecular flexibility index (Phi) is 4.29. The molecule has 4 nitrogen and oxygen atoms in total. The first-order valence-corrected chi connectivity index (χ1v) is 6.40. The summed E-state index contributed by atoms with van der Waals surface area (Å²) in [5.74, 6) is -1.85. The summed E-state index contributed by atoms with van der Waals surface area (Å²) in [6.45, 7) is 0. The van der Waals surface area contributed by atoms with Gasteiger partial charge in [-0.05, 0) is 24.3 Å².